The van der Waals surface area contributed by atoms with Gasteiger partial charge in [0.05, 0.1) is 16.2 Å². The molecule has 0 bridgehead atoms. The van der Waals surface area contributed by atoms with E-state index in [1.54, 1.807) is 0 Å². The third-order valence-corrected chi connectivity index (χ3v) is 3.66. The summed E-state index contributed by atoms with van der Waals surface area (Å²) in [5, 5.41) is 19.9. The van der Waals surface area contributed by atoms with E-state index in [4.69, 9.17) is 5.73 Å². The summed E-state index contributed by atoms with van der Waals surface area (Å²) in [5.74, 6) is -1.77. The molecule has 1 aromatic carbocycles. The molecule has 0 aromatic heterocycles. The fraction of sp³-hybridized carbons (Fsp3) is 0.385. The monoisotopic (exact) mass is 293 g/mol. The Balaban J connectivity index is 2.26. The van der Waals surface area contributed by atoms with E-state index in [-0.39, 0.29) is 23.1 Å². The second-order valence-electron chi connectivity index (χ2n) is 4.93. The van der Waals surface area contributed by atoms with Crippen molar-refractivity contribution in [1.29, 1.82) is 0 Å². The fourth-order valence-electron chi connectivity index (χ4n) is 2.49. The number of nitro benzene ring substituents is 1. The smallest absolute Gasteiger partial charge is 0.338 e. The van der Waals surface area contributed by atoms with Crippen LogP contribution in [0.25, 0.3) is 0 Å². The number of primary amides is 1. The number of rotatable bonds is 4. The van der Waals surface area contributed by atoms with E-state index in [9.17, 15) is 24.8 Å². The number of carbonyl (C=O) groups is 2. The number of carboxylic acids is 1. The van der Waals surface area contributed by atoms with Crippen LogP contribution in [0.4, 0.5) is 11.4 Å². The number of hydrogen-bond acceptors (Lipinski definition) is 5. The van der Waals surface area contributed by atoms with Crippen molar-refractivity contribution in [2.45, 2.75) is 12.8 Å². The van der Waals surface area contributed by atoms with Crippen LogP contribution in [0.1, 0.15) is 23.2 Å². The number of carboxylic acid groups (broad SMARTS) is 1. The summed E-state index contributed by atoms with van der Waals surface area (Å²) < 4.78 is 0. The van der Waals surface area contributed by atoms with Crippen LogP contribution in [0, 0.1) is 16.0 Å². The Kier molecular flexibility index (Phi) is 4.06. The highest BCUT2D eigenvalue weighted by molar-refractivity contribution is 5.95. The molecule has 0 unspecified atom stereocenters. The third kappa shape index (κ3) is 3.10. The van der Waals surface area contributed by atoms with Gasteiger partial charge in [-0.25, -0.2) is 4.79 Å². The van der Waals surface area contributed by atoms with E-state index in [1.165, 1.54) is 12.1 Å². The Morgan fingerprint density at radius 2 is 1.95 bits per heavy atom. The van der Waals surface area contributed by atoms with Crippen molar-refractivity contribution in [3.63, 3.8) is 0 Å². The quantitative estimate of drug-likeness (QED) is 0.629. The maximum Gasteiger partial charge on any atom is 0.338 e. The van der Waals surface area contributed by atoms with Gasteiger partial charge in [0.2, 0.25) is 5.91 Å². The molecular formula is C13H15N3O5. The van der Waals surface area contributed by atoms with Gasteiger partial charge in [0.25, 0.3) is 5.69 Å². The molecule has 112 valence electrons. The summed E-state index contributed by atoms with van der Waals surface area (Å²) in [6.07, 6.45) is 1.09. The van der Waals surface area contributed by atoms with Gasteiger partial charge in [-0.3, -0.25) is 14.9 Å². The van der Waals surface area contributed by atoms with Gasteiger partial charge in [0, 0.05) is 31.1 Å². The SMILES string of the molecule is NC(=O)C1CCN(c2ccc([N+](=O)[O-])cc2C(=O)O)CC1. The summed E-state index contributed by atoms with van der Waals surface area (Å²) in [5.41, 5.74) is 5.31. The van der Waals surface area contributed by atoms with Crippen LogP contribution >= 0.6 is 0 Å². The van der Waals surface area contributed by atoms with E-state index in [0.29, 0.717) is 31.6 Å². The Labute approximate surface area is 120 Å². The predicted octanol–water partition coefficient (Wildman–Crippen LogP) is 0.995. The molecule has 0 atom stereocenters. The number of aromatic carboxylic acids is 1. The van der Waals surface area contributed by atoms with E-state index >= 15 is 0 Å². The highest BCUT2D eigenvalue weighted by Gasteiger charge is 2.26. The molecule has 1 heterocycles. The minimum Gasteiger partial charge on any atom is -0.478 e. The zero-order chi connectivity index (χ0) is 15.6. The molecule has 1 aromatic rings. The molecule has 1 saturated heterocycles. The van der Waals surface area contributed by atoms with Crippen LogP contribution in [0.2, 0.25) is 0 Å². The molecule has 0 spiro atoms. The summed E-state index contributed by atoms with van der Waals surface area (Å²) in [7, 11) is 0. The zero-order valence-electron chi connectivity index (χ0n) is 11.2. The number of nitrogens with two attached hydrogens (primary N) is 1. The summed E-state index contributed by atoms with van der Waals surface area (Å²) in [6, 6.07) is 3.77. The van der Waals surface area contributed by atoms with Gasteiger partial charge in [0.1, 0.15) is 0 Å². The van der Waals surface area contributed by atoms with Crippen molar-refractivity contribution in [1.82, 2.24) is 0 Å². The third-order valence-electron chi connectivity index (χ3n) is 3.66. The molecule has 8 nitrogen and oxygen atoms in total. The topological polar surface area (TPSA) is 127 Å². The zero-order valence-corrected chi connectivity index (χ0v) is 11.2. The van der Waals surface area contributed by atoms with Crippen molar-refractivity contribution in [3.8, 4) is 0 Å². The fourth-order valence-corrected chi connectivity index (χ4v) is 2.49. The molecule has 0 saturated carbocycles. The number of nitrogens with zero attached hydrogens (tertiary/aromatic N) is 2. The second kappa shape index (κ2) is 5.78. The van der Waals surface area contributed by atoms with Gasteiger partial charge in [-0.15, -0.1) is 0 Å². The van der Waals surface area contributed by atoms with E-state index < -0.39 is 10.9 Å². The molecular weight excluding hydrogens is 278 g/mol. The second-order valence-corrected chi connectivity index (χ2v) is 4.93. The Morgan fingerprint density at radius 1 is 1.33 bits per heavy atom. The van der Waals surface area contributed by atoms with Crippen LogP contribution in [-0.2, 0) is 4.79 Å². The highest BCUT2D eigenvalue weighted by atomic mass is 16.6. The van der Waals surface area contributed by atoms with Crippen LogP contribution in [0.15, 0.2) is 18.2 Å². The molecule has 0 aliphatic carbocycles. The number of benzene rings is 1. The molecule has 1 amide bonds. The molecule has 3 N–H and O–H groups in total. The number of anilines is 1. The Hall–Kier alpha value is -2.64. The molecule has 0 radical (unpaired) electrons. The number of hydrogen-bond donors (Lipinski definition) is 2. The number of non-ortho nitro benzene ring substituents is 1. The predicted molar refractivity (Wildman–Crippen MR) is 74.2 cm³/mol. The largest absolute Gasteiger partial charge is 0.478 e. The van der Waals surface area contributed by atoms with Gasteiger partial charge in [0.15, 0.2) is 0 Å². The van der Waals surface area contributed by atoms with E-state index in [0.717, 1.165) is 6.07 Å². The normalized spacial score (nSPS) is 15.7. The van der Waals surface area contributed by atoms with Crippen molar-refractivity contribution in [2.24, 2.45) is 11.7 Å². The summed E-state index contributed by atoms with van der Waals surface area (Å²) in [4.78, 5) is 34.3. The van der Waals surface area contributed by atoms with Crippen molar-refractivity contribution in [3.05, 3.63) is 33.9 Å². The molecule has 1 fully saturated rings. The molecule has 21 heavy (non-hydrogen) atoms. The average Bonchev–Trinajstić information content (AvgIpc) is 2.46. The minimum atomic E-state index is -1.22. The van der Waals surface area contributed by atoms with Gasteiger partial charge >= 0.3 is 5.97 Å². The molecule has 8 heteroatoms. The van der Waals surface area contributed by atoms with Crippen molar-refractivity contribution >= 4 is 23.3 Å². The summed E-state index contributed by atoms with van der Waals surface area (Å²) in [6.45, 7) is 0.984. The van der Waals surface area contributed by atoms with Crippen LogP contribution in [0.5, 0.6) is 0 Å². The Bertz CT molecular complexity index is 593. The van der Waals surface area contributed by atoms with Gasteiger partial charge in [-0.2, -0.15) is 0 Å². The van der Waals surface area contributed by atoms with Crippen LogP contribution in [-0.4, -0.2) is 35.0 Å². The standard InChI is InChI=1S/C13H15N3O5/c14-12(17)8-3-5-15(6-4-8)11-2-1-9(16(20)21)7-10(11)13(18)19/h1-2,7-8H,3-6H2,(H2,14,17)(H,18,19). The van der Waals surface area contributed by atoms with Crippen LogP contribution in [0.3, 0.4) is 0 Å². The lowest BCUT2D eigenvalue weighted by Gasteiger charge is -2.33. The first-order valence-corrected chi connectivity index (χ1v) is 6.46. The van der Waals surface area contributed by atoms with E-state index in [2.05, 4.69) is 0 Å². The van der Waals surface area contributed by atoms with Gasteiger partial charge in [-0.1, -0.05) is 0 Å². The minimum absolute atomic E-state index is 0.110. The highest BCUT2D eigenvalue weighted by Crippen LogP contribution is 2.29. The van der Waals surface area contributed by atoms with Crippen LogP contribution < -0.4 is 10.6 Å². The summed E-state index contributed by atoms with van der Waals surface area (Å²) >= 11 is 0. The average molecular weight is 293 g/mol. The first-order chi connectivity index (χ1) is 9.90. The van der Waals surface area contributed by atoms with Crippen molar-refractivity contribution < 1.29 is 19.6 Å². The first kappa shape index (κ1) is 14.8. The number of carbonyl (C=O) groups excluding carboxylic acids is 1. The lowest BCUT2D eigenvalue weighted by molar-refractivity contribution is -0.384. The maximum absolute atomic E-state index is 11.3. The number of nitro groups is 1. The van der Waals surface area contributed by atoms with Gasteiger partial charge < -0.3 is 15.7 Å². The number of amides is 1. The first-order valence-electron chi connectivity index (χ1n) is 6.46. The van der Waals surface area contributed by atoms with Gasteiger partial charge in [-0.05, 0) is 18.9 Å². The Morgan fingerprint density at radius 3 is 2.43 bits per heavy atom. The van der Waals surface area contributed by atoms with E-state index in [1.807, 2.05) is 4.90 Å². The molecule has 1 aliphatic heterocycles. The maximum atomic E-state index is 11.3. The molecule has 2 rings (SSSR count). The lowest BCUT2D eigenvalue weighted by atomic mass is 9.95. The van der Waals surface area contributed by atoms with Crippen molar-refractivity contribution in [2.75, 3.05) is 18.0 Å². The molecule has 1 aliphatic rings. The lowest BCUT2D eigenvalue weighted by Crippen LogP contribution is -2.39. The number of piperidine rings is 1.